The van der Waals surface area contributed by atoms with Gasteiger partial charge in [-0.25, -0.2) is 0 Å². The Morgan fingerprint density at radius 2 is 2.22 bits per heavy atom. The molecule has 2 unspecified atom stereocenters. The van der Waals surface area contributed by atoms with Crippen molar-refractivity contribution >= 4 is 11.6 Å². The van der Waals surface area contributed by atoms with Crippen LogP contribution in [-0.4, -0.2) is 19.7 Å². The van der Waals surface area contributed by atoms with Crippen LogP contribution in [0.2, 0.25) is 5.02 Å². The fraction of sp³-hybridized carbons (Fsp3) is 0.600. The van der Waals surface area contributed by atoms with Crippen LogP contribution in [0.3, 0.4) is 0 Å². The van der Waals surface area contributed by atoms with E-state index in [1.165, 1.54) is 31.2 Å². The lowest BCUT2D eigenvalue weighted by Gasteiger charge is -2.30. The van der Waals surface area contributed by atoms with E-state index in [9.17, 15) is 0 Å². The molecule has 1 aliphatic rings. The summed E-state index contributed by atoms with van der Waals surface area (Å²) in [6.45, 7) is 3.23. The van der Waals surface area contributed by atoms with E-state index in [-0.39, 0.29) is 0 Å². The highest BCUT2D eigenvalue weighted by atomic mass is 35.5. The molecule has 0 amide bonds. The molecule has 2 atom stereocenters. The first-order chi connectivity index (χ1) is 8.74. The van der Waals surface area contributed by atoms with Crippen molar-refractivity contribution in [1.82, 2.24) is 5.32 Å². The molecule has 1 N–H and O–H groups in total. The Morgan fingerprint density at radius 1 is 1.39 bits per heavy atom. The molecule has 0 radical (unpaired) electrons. The molecule has 2 nitrogen and oxygen atoms in total. The maximum absolute atomic E-state index is 6.08. The van der Waals surface area contributed by atoms with Crippen LogP contribution in [-0.2, 0) is 0 Å². The summed E-state index contributed by atoms with van der Waals surface area (Å²) in [4.78, 5) is 0. The topological polar surface area (TPSA) is 21.3 Å². The molecule has 1 aromatic carbocycles. The van der Waals surface area contributed by atoms with Gasteiger partial charge in [-0.05, 0) is 49.4 Å². The summed E-state index contributed by atoms with van der Waals surface area (Å²) >= 11 is 6.08. The van der Waals surface area contributed by atoms with E-state index in [0.29, 0.717) is 17.0 Å². The van der Waals surface area contributed by atoms with E-state index >= 15 is 0 Å². The van der Waals surface area contributed by atoms with Crippen LogP contribution in [0.1, 0.15) is 44.1 Å². The van der Waals surface area contributed by atoms with E-state index in [2.05, 4.69) is 24.4 Å². The van der Waals surface area contributed by atoms with Crippen molar-refractivity contribution < 1.29 is 4.74 Å². The van der Waals surface area contributed by atoms with Crippen molar-refractivity contribution in [1.29, 1.82) is 0 Å². The van der Waals surface area contributed by atoms with Gasteiger partial charge in [-0.1, -0.05) is 31.0 Å². The molecule has 1 fully saturated rings. The molecule has 0 saturated heterocycles. The maximum atomic E-state index is 6.08. The fourth-order valence-corrected chi connectivity index (χ4v) is 3.09. The van der Waals surface area contributed by atoms with Crippen molar-refractivity contribution in [2.24, 2.45) is 0 Å². The van der Waals surface area contributed by atoms with Crippen LogP contribution < -0.4 is 10.1 Å². The van der Waals surface area contributed by atoms with Crippen LogP contribution in [0.5, 0.6) is 5.75 Å². The lowest BCUT2D eigenvalue weighted by molar-refractivity contribution is 0.343. The number of benzene rings is 1. The zero-order chi connectivity index (χ0) is 13.0. The SMILES string of the molecule is CCNC1CCCC(c2ccc(Cl)c(OC)c2)C1. The van der Waals surface area contributed by atoms with Gasteiger partial charge in [-0.2, -0.15) is 0 Å². The molecular formula is C15H22ClNO. The third-order valence-electron chi connectivity index (χ3n) is 3.81. The van der Waals surface area contributed by atoms with Crippen LogP contribution in [0.15, 0.2) is 18.2 Å². The maximum Gasteiger partial charge on any atom is 0.137 e. The molecule has 100 valence electrons. The van der Waals surface area contributed by atoms with Gasteiger partial charge in [0, 0.05) is 6.04 Å². The molecule has 3 heteroatoms. The van der Waals surface area contributed by atoms with Gasteiger partial charge in [0.25, 0.3) is 0 Å². The summed E-state index contributed by atoms with van der Waals surface area (Å²) < 4.78 is 5.30. The third kappa shape index (κ3) is 3.18. The summed E-state index contributed by atoms with van der Waals surface area (Å²) in [6, 6.07) is 6.85. The van der Waals surface area contributed by atoms with Crippen molar-refractivity contribution in [2.75, 3.05) is 13.7 Å². The molecule has 18 heavy (non-hydrogen) atoms. The third-order valence-corrected chi connectivity index (χ3v) is 4.13. The van der Waals surface area contributed by atoms with E-state index < -0.39 is 0 Å². The Morgan fingerprint density at radius 3 is 2.94 bits per heavy atom. The van der Waals surface area contributed by atoms with E-state index in [1.807, 2.05) is 6.07 Å². The predicted octanol–water partition coefficient (Wildman–Crippen LogP) is 3.98. The van der Waals surface area contributed by atoms with Gasteiger partial charge in [-0.3, -0.25) is 0 Å². The molecule has 1 aliphatic carbocycles. The highest BCUT2D eigenvalue weighted by molar-refractivity contribution is 6.32. The Bertz CT molecular complexity index is 392. The number of hydrogen-bond donors (Lipinski definition) is 1. The molecule has 0 heterocycles. The largest absolute Gasteiger partial charge is 0.495 e. The number of methoxy groups -OCH3 is 1. The molecule has 1 aromatic rings. The Balaban J connectivity index is 2.10. The fourth-order valence-electron chi connectivity index (χ4n) is 2.90. The molecule has 2 rings (SSSR count). The molecule has 1 saturated carbocycles. The first kappa shape index (κ1) is 13.7. The number of rotatable bonds is 4. The predicted molar refractivity (Wildman–Crippen MR) is 76.7 cm³/mol. The summed E-state index contributed by atoms with van der Waals surface area (Å²) in [5.74, 6) is 1.42. The van der Waals surface area contributed by atoms with Crippen molar-refractivity contribution in [3.63, 3.8) is 0 Å². The second kappa shape index (κ2) is 6.44. The van der Waals surface area contributed by atoms with Gasteiger partial charge in [0.15, 0.2) is 0 Å². The molecular weight excluding hydrogens is 246 g/mol. The van der Waals surface area contributed by atoms with Gasteiger partial charge in [0.05, 0.1) is 12.1 Å². The zero-order valence-electron chi connectivity index (χ0n) is 11.2. The summed E-state index contributed by atoms with van der Waals surface area (Å²) in [5, 5.41) is 4.26. The van der Waals surface area contributed by atoms with Crippen molar-refractivity contribution in [2.45, 2.75) is 44.6 Å². The average molecular weight is 268 g/mol. The average Bonchev–Trinajstić information content (AvgIpc) is 2.40. The normalized spacial score (nSPS) is 23.9. The van der Waals surface area contributed by atoms with E-state index in [1.54, 1.807) is 7.11 Å². The van der Waals surface area contributed by atoms with E-state index in [0.717, 1.165) is 12.3 Å². The summed E-state index contributed by atoms with van der Waals surface area (Å²) in [5.41, 5.74) is 1.36. The zero-order valence-corrected chi connectivity index (χ0v) is 12.0. The van der Waals surface area contributed by atoms with Crippen LogP contribution in [0, 0.1) is 0 Å². The number of ether oxygens (including phenoxy) is 1. The lowest BCUT2D eigenvalue weighted by atomic mass is 9.81. The van der Waals surface area contributed by atoms with Crippen molar-refractivity contribution in [3.8, 4) is 5.75 Å². The minimum Gasteiger partial charge on any atom is -0.495 e. The monoisotopic (exact) mass is 267 g/mol. The molecule has 0 aliphatic heterocycles. The number of halogens is 1. The van der Waals surface area contributed by atoms with Crippen LogP contribution >= 0.6 is 11.6 Å². The quantitative estimate of drug-likeness (QED) is 0.891. The van der Waals surface area contributed by atoms with Crippen LogP contribution in [0.25, 0.3) is 0 Å². The minimum absolute atomic E-state index is 0.633. The molecule has 0 aromatic heterocycles. The smallest absolute Gasteiger partial charge is 0.137 e. The van der Waals surface area contributed by atoms with Crippen LogP contribution in [0.4, 0.5) is 0 Å². The van der Waals surface area contributed by atoms with Gasteiger partial charge < -0.3 is 10.1 Å². The Kier molecular flexibility index (Phi) is 4.90. The standard InChI is InChI=1S/C15H22ClNO/c1-3-17-13-6-4-5-11(9-13)12-7-8-14(16)15(10-12)18-2/h7-8,10-11,13,17H,3-6,9H2,1-2H3. The Hall–Kier alpha value is -0.730. The minimum atomic E-state index is 0.633. The first-order valence-electron chi connectivity index (χ1n) is 6.81. The summed E-state index contributed by atoms with van der Waals surface area (Å²) in [6.07, 6.45) is 5.09. The highest BCUT2D eigenvalue weighted by Crippen LogP contribution is 2.36. The number of nitrogens with one attached hydrogen (secondary N) is 1. The van der Waals surface area contributed by atoms with Gasteiger partial charge in [0.1, 0.15) is 5.75 Å². The Labute approximate surface area is 115 Å². The van der Waals surface area contributed by atoms with Gasteiger partial charge in [-0.15, -0.1) is 0 Å². The number of hydrogen-bond acceptors (Lipinski definition) is 2. The summed E-state index contributed by atoms with van der Waals surface area (Å²) in [7, 11) is 1.67. The lowest BCUT2D eigenvalue weighted by Crippen LogP contribution is -2.33. The molecule has 0 spiro atoms. The second-order valence-electron chi connectivity index (χ2n) is 5.01. The van der Waals surface area contributed by atoms with Gasteiger partial charge >= 0.3 is 0 Å². The van der Waals surface area contributed by atoms with E-state index in [4.69, 9.17) is 16.3 Å². The molecule has 0 bridgehead atoms. The van der Waals surface area contributed by atoms with Crippen molar-refractivity contribution in [3.05, 3.63) is 28.8 Å². The van der Waals surface area contributed by atoms with Gasteiger partial charge in [0.2, 0.25) is 0 Å². The first-order valence-corrected chi connectivity index (χ1v) is 7.19. The second-order valence-corrected chi connectivity index (χ2v) is 5.42. The highest BCUT2D eigenvalue weighted by Gasteiger charge is 2.23.